The fourth-order valence-corrected chi connectivity index (χ4v) is 3.17. The third-order valence-corrected chi connectivity index (χ3v) is 4.69. The van der Waals surface area contributed by atoms with Gasteiger partial charge in [-0.25, -0.2) is 4.39 Å². The number of carbonyl (C=O) groups excluding carboxylic acids is 1. The molecule has 0 radical (unpaired) electrons. The maximum Gasteiger partial charge on any atom is 0.251 e. The summed E-state index contributed by atoms with van der Waals surface area (Å²) in [5.74, 6) is -0.295. The van der Waals surface area contributed by atoms with Gasteiger partial charge in [0.2, 0.25) is 0 Å². The highest BCUT2D eigenvalue weighted by atomic mass is 19.1. The summed E-state index contributed by atoms with van der Waals surface area (Å²) in [5, 5.41) is 4.08. The van der Waals surface area contributed by atoms with Crippen LogP contribution >= 0.6 is 0 Å². The number of benzene rings is 2. The lowest BCUT2D eigenvalue weighted by Crippen LogP contribution is -2.32. The molecular formula is C19H17FN2O. The fraction of sp³-hybridized carbons (Fsp3) is 0.211. The molecule has 4 rings (SSSR count). The molecule has 0 unspecified atom stereocenters. The Bertz CT molecular complexity index is 865. The summed E-state index contributed by atoms with van der Waals surface area (Å²) < 4.78 is 13.3. The molecule has 0 bridgehead atoms. The molecule has 3 aromatic rings. The lowest BCUT2D eigenvalue weighted by Gasteiger charge is -2.16. The van der Waals surface area contributed by atoms with E-state index in [2.05, 4.69) is 10.3 Å². The van der Waals surface area contributed by atoms with E-state index in [0.29, 0.717) is 12.1 Å². The normalized spacial score (nSPS) is 15.5. The van der Waals surface area contributed by atoms with Crippen molar-refractivity contribution < 1.29 is 9.18 Å². The molecule has 2 N–H and O–H groups in total. The number of fused-ring (bicyclic) bond motifs is 1. The smallest absolute Gasteiger partial charge is 0.251 e. The Labute approximate surface area is 133 Å². The highest BCUT2D eigenvalue weighted by Gasteiger charge is 2.45. The van der Waals surface area contributed by atoms with Crippen LogP contribution in [-0.4, -0.2) is 17.4 Å². The minimum atomic E-state index is -0.242. The van der Waals surface area contributed by atoms with Crippen molar-refractivity contribution in [2.24, 2.45) is 0 Å². The van der Waals surface area contributed by atoms with Crippen LogP contribution in [0.25, 0.3) is 10.9 Å². The van der Waals surface area contributed by atoms with Crippen LogP contribution in [0.1, 0.15) is 28.8 Å². The molecule has 4 heteroatoms. The van der Waals surface area contributed by atoms with Crippen LogP contribution in [0.4, 0.5) is 4.39 Å². The van der Waals surface area contributed by atoms with Crippen molar-refractivity contribution in [3.05, 3.63) is 71.7 Å². The summed E-state index contributed by atoms with van der Waals surface area (Å²) in [7, 11) is 0. The molecule has 23 heavy (non-hydrogen) atoms. The lowest BCUT2D eigenvalue weighted by molar-refractivity contribution is 0.0949. The second-order valence-corrected chi connectivity index (χ2v) is 6.22. The molecule has 1 saturated carbocycles. The zero-order valence-electron chi connectivity index (χ0n) is 12.6. The minimum absolute atomic E-state index is 0.0273. The van der Waals surface area contributed by atoms with E-state index in [0.717, 1.165) is 23.7 Å². The van der Waals surface area contributed by atoms with Crippen LogP contribution in [0.5, 0.6) is 0 Å². The second-order valence-electron chi connectivity index (χ2n) is 6.22. The molecule has 0 spiro atoms. The summed E-state index contributed by atoms with van der Waals surface area (Å²) in [5.41, 5.74) is 2.62. The van der Waals surface area contributed by atoms with Crippen molar-refractivity contribution in [3.63, 3.8) is 0 Å². The number of hydrogen-bond acceptors (Lipinski definition) is 1. The molecule has 1 heterocycles. The van der Waals surface area contributed by atoms with Crippen LogP contribution in [0, 0.1) is 5.82 Å². The number of aromatic nitrogens is 1. The average molecular weight is 308 g/mol. The van der Waals surface area contributed by atoms with Crippen molar-refractivity contribution in [1.82, 2.24) is 10.3 Å². The summed E-state index contributed by atoms with van der Waals surface area (Å²) in [6.07, 6.45) is 4.02. The zero-order chi connectivity index (χ0) is 15.9. The molecule has 0 aliphatic heterocycles. The van der Waals surface area contributed by atoms with Gasteiger partial charge in [-0.3, -0.25) is 4.79 Å². The van der Waals surface area contributed by atoms with Gasteiger partial charge < -0.3 is 10.3 Å². The van der Waals surface area contributed by atoms with Gasteiger partial charge in [-0.1, -0.05) is 18.2 Å². The van der Waals surface area contributed by atoms with Crippen molar-refractivity contribution in [1.29, 1.82) is 0 Å². The Kier molecular flexibility index (Phi) is 3.18. The first kappa shape index (κ1) is 14.0. The molecule has 0 saturated heterocycles. The van der Waals surface area contributed by atoms with Gasteiger partial charge in [0, 0.05) is 34.6 Å². The van der Waals surface area contributed by atoms with Gasteiger partial charge in [0.15, 0.2) is 0 Å². The number of carbonyl (C=O) groups is 1. The van der Waals surface area contributed by atoms with Gasteiger partial charge in [-0.05, 0) is 48.7 Å². The van der Waals surface area contributed by atoms with E-state index in [1.165, 1.54) is 17.7 Å². The van der Waals surface area contributed by atoms with E-state index < -0.39 is 0 Å². The minimum Gasteiger partial charge on any atom is -0.361 e. The standard InChI is InChI=1S/C19H17FN2O/c20-14-6-7-15-16(11-21-17(15)10-14)19(8-9-19)12-22-18(23)13-4-2-1-3-5-13/h1-7,10-11,21H,8-9,12H2,(H,22,23). The third kappa shape index (κ3) is 2.50. The SMILES string of the molecule is O=C(NCC1(c2c[nH]c3cc(F)ccc23)CC1)c1ccccc1. The van der Waals surface area contributed by atoms with Gasteiger partial charge in [-0.15, -0.1) is 0 Å². The van der Waals surface area contributed by atoms with E-state index in [-0.39, 0.29) is 17.1 Å². The van der Waals surface area contributed by atoms with Crippen LogP contribution in [0.2, 0.25) is 0 Å². The Morgan fingerprint density at radius 2 is 1.96 bits per heavy atom. The van der Waals surface area contributed by atoms with Gasteiger partial charge in [0.05, 0.1) is 0 Å². The lowest BCUT2D eigenvalue weighted by atomic mass is 9.95. The Morgan fingerprint density at radius 1 is 1.17 bits per heavy atom. The molecule has 1 aliphatic rings. The number of H-pyrrole nitrogens is 1. The summed E-state index contributed by atoms with van der Waals surface area (Å²) in [4.78, 5) is 15.4. The number of hydrogen-bond donors (Lipinski definition) is 2. The Balaban J connectivity index is 1.55. The highest BCUT2D eigenvalue weighted by Crippen LogP contribution is 2.50. The molecule has 2 aromatic carbocycles. The highest BCUT2D eigenvalue weighted by molar-refractivity contribution is 5.94. The predicted octanol–water partition coefficient (Wildman–Crippen LogP) is 3.77. The zero-order valence-corrected chi connectivity index (χ0v) is 12.6. The number of rotatable bonds is 4. The first-order valence-electron chi connectivity index (χ1n) is 7.78. The Morgan fingerprint density at radius 3 is 2.70 bits per heavy atom. The summed E-state index contributed by atoms with van der Waals surface area (Å²) >= 11 is 0. The van der Waals surface area contributed by atoms with E-state index in [4.69, 9.17) is 0 Å². The van der Waals surface area contributed by atoms with Crippen molar-refractivity contribution in [2.75, 3.05) is 6.54 Å². The molecule has 1 aromatic heterocycles. The largest absolute Gasteiger partial charge is 0.361 e. The average Bonchev–Trinajstić information content (AvgIpc) is 3.25. The Hall–Kier alpha value is -2.62. The molecule has 0 atom stereocenters. The second kappa shape index (κ2) is 5.23. The van der Waals surface area contributed by atoms with Crippen molar-refractivity contribution >= 4 is 16.8 Å². The van der Waals surface area contributed by atoms with E-state index in [1.807, 2.05) is 42.6 Å². The summed E-state index contributed by atoms with van der Waals surface area (Å²) in [6, 6.07) is 14.0. The van der Waals surface area contributed by atoms with Gasteiger partial charge >= 0.3 is 0 Å². The maximum absolute atomic E-state index is 13.3. The van der Waals surface area contributed by atoms with Crippen LogP contribution < -0.4 is 5.32 Å². The summed E-state index contributed by atoms with van der Waals surface area (Å²) in [6.45, 7) is 0.602. The van der Waals surface area contributed by atoms with Crippen molar-refractivity contribution in [2.45, 2.75) is 18.3 Å². The van der Waals surface area contributed by atoms with Crippen molar-refractivity contribution in [3.8, 4) is 0 Å². The van der Waals surface area contributed by atoms with E-state index >= 15 is 0 Å². The van der Waals surface area contributed by atoms with Crippen LogP contribution in [0.15, 0.2) is 54.7 Å². The maximum atomic E-state index is 13.3. The monoisotopic (exact) mass is 308 g/mol. The number of aromatic amines is 1. The topological polar surface area (TPSA) is 44.9 Å². The predicted molar refractivity (Wildman–Crippen MR) is 87.9 cm³/mol. The molecule has 3 nitrogen and oxygen atoms in total. The van der Waals surface area contributed by atoms with Gasteiger partial charge in [0.25, 0.3) is 5.91 Å². The fourth-order valence-electron chi connectivity index (χ4n) is 3.17. The quantitative estimate of drug-likeness (QED) is 0.757. The molecule has 1 aliphatic carbocycles. The van der Waals surface area contributed by atoms with E-state index in [1.54, 1.807) is 0 Å². The molecule has 1 amide bonds. The number of amides is 1. The first-order chi connectivity index (χ1) is 11.2. The molecule has 1 fully saturated rings. The van der Waals surface area contributed by atoms with Gasteiger partial charge in [-0.2, -0.15) is 0 Å². The first-order valence-corrected chi connectivity index (χ1v) is 7.78. The molecule has 116 valence electrons. The van der Waals surface area contributed by atoms with Crippen LogP contribution in [-0.2, 0) is 5.41 Å². The number of halogens is 1. The third-order valence-electron chi connectivity index (χ3n) is 4.69. The van der Waals surface area contributed by atoms with Crippen LogP contribution in [0.3, 0.4) is 0 Å². The van der Waals surface area contributed by atoms with E-state index in [9.17, 15) is 9.18 Å². The number of nitrogens with one attached hydrogen (secondary N) is 2. The van der Waals surface area contributed by atoms with Gasteiger partial charge in [0.1, 0.15) is 5.82 Å². The molecular weight excluding hydrogens is 291 g/mol.